The van der Waals surface area contributed by atoms with Crippen LogP contribution in [0, 0.1) is 5.92 Å². The van der Waals surface area contributed by atoms with Crippen molar-refractivity contribution < 1.29 is 14.7 Å². The molecule has 0 radical (unpaired) electrons. The summed E-state index contributed by atoms with van der Waals surface area (Å²) in [6.07, 6.45) is 4.93. The van der Waals surface area contributed by atoms with Gasteiger partial charge in [-0.3, -0.25) is 4.79 Å². The smallest absolute Gasteiger partial charge is 0.323 e. The zero-order chi connectivity index (χ0) is 15.3. The Morgan fingerprint density at radius 1 is 1.20 bits per heavy atom. The Labute approximate surface area is 121 Å². The SMILES string of the molecule is CC(C)CC(C)N(C)C(=O)N(CC(=O)O)C1CCCC1. The molecule has 0 aromatic carbocycles. The van der Waals surface area contributed by atoms with Crippen molar-refractivity contribution in [3.63, 3.8) is 0 Å². The van der Waals surface area contributed by atoms with Gasteiger partial charge in [0.15, 0.2) is 0 Å². The van der Waals surface area contributed by atoms with Crippen LogP contribution in [0.15, 0.2) is 0 Å². The van der Waals surface area contributed by atoms with Gasteiger partial charge in [-0.1, -0.05) is 26.7 Å². The molecule has 1 fully saturated rings. The molecule has 116 valence electrons. The Morgan fingerprint density at radius 2 is 1.75 bits per heavy atom. The molecule has 5 heteroatoms. The van der Waals surface area contributed by atoms with Crippen molar-refractivity contribution in [3.8, 4) is 0 Å². The number of carbonyl (C=O) groups excluding carboxylic acids is 1. The zero-order valence-electron chi connectivity index (χ0n) is 13.1. The van der Waals surface area contributed by atoms with E-state index < -0.39 is 5.97 Å². The lowest BCUT2D eigenvalue weighted by Gasteiger charge is -2.35. The maximum absolute atomic E-state index is 12.6. The molecule has 1 atom stereocenters. The normalized spacial score (nSPS) is 17.2. The summed E-state index contributed by atoms with van der Waals surface area (Å²) in [5, 5.41) is 9.05. The van der Waals surface area contributed by atoms with Gasteiger partial charge in [-0.15, -0.1) is 0 Å². The van der Waals surface area contributed by atoms with E-state index in [9.17, 15) is 9.59 Å². The topological polar surface area (TPSA) is 60.9 Å². The molecule has 1 unspecified atom stereocenters. The van der Waals surface area contributed by atoms with Gasteiger partial charge in [-0.2, -0.15) is 0 Å². The first-order chi connectivity index (χ1) is 9.32. The summed E-state index contributed by atoms with van der Waals surface area (Å²) in [6, 6.07) is 0.0694. The fourth-order valence-electron chi connectivity index (χ4n) is 2.95. The number of nitrogens with zero attached hydrogens (tertiary/aromatic N) is 2. The predicted octanol–water partition coefficient (Wildman–Crippen LogP) is 2.80. The molecule has 0 heterocycles. The number of carbonyl (C=O) groups is 2. The summed E-state index contributed by atoms with van der Waals surface area (Å²) >= 11 is 0. The largest absolute Gasteiger partial charge is 0.480 e. The Bertz CT molecular complexity index is 338. The van der Waals surface area contributed by atoms with E-state index in [1.54, 1.807) is 16.8 Å². The van der Waals surface area contributed by atoms with E-state index in [4.69, 9.17) is 5.11 Å². The molecule has 20 heavy (non-hydrogen) atoms. The Balaban J connectivity index is 2.73. The van der Waals surface area contributed by atoms with Crippen LogP contribution in [0.3, 0.4) is 0 Å². The predicted molar refractivity (Wildman–Crippen MR) is 78.7 cm³/mol. The number of urea groups is 1. The monoisotopic (exact) mass is 284 g/mol. The number of carboxylic acids is 1. The van der Waals surface area contributed by atoms with Crippen LogP contribution in [0.4, 0.5) is 4.79 Å². The minimum atomic E-state index is -0.935. The Kier molecular flexibility index (Phi) is 6.30. The highest BCUT2D eigenvalue weighted by atomic mass is 16.4. The summed E-state index contributed by atoms with van der Waals surface area (Å²) in [5.74, 6) is -0.421. The molecule has 2 amide bonds. The molecule has 1 rings (SSSR count). The summed E-state index contributed by atoms with van der Waals surface area (Å²) in [4.78, 5) is 26.8. The van der Waals surface area contributed by atoms with Gasteiger partial charge in [0.1, 0.15) is 6.54 Å². The van der Waals surface area contributed by atoms with Crippen molar-refractivity contribution in [1.82, 2.24) is 9.80 Å². The molecule has 0 aliphatic heterocycles. The standard InChI is InChI=1S/C15H28N2O3/c1-11(2)9-12(3)16(4)15(20)17(10-14(18)19)13-7-5-6-8-13/h11-13H,5-10H2,1-4H3,(H,18,19). The number of carboxylic acid groups (broad SMARTS) is 1. The first-order valence-electron chi connectivity index (χ1n) is 7.58. The maximum atomic E-state index is 12.6. The summed E-state index contributed by atoms with van der Waals surface area (Å²) in [5.41, 5.74) is 0. The number of rotatable bonds is 6. The van der Waals surface area contributed by atoms with Crippen LogP contribution in [0.1, 0.15) is 52.9 Å². The first-order valence-corrected chi connectivity index (χ1v) is 7.58. The zero-order valence-corrected chi connectivity index (χ0v) is 13.1. The Morgan fingerprint density at radius 3 is 2.20 bits per heavy atom. The highest BCUT2D eigenvalue weighted by Gasteiger charge is 2.31. The van der Waals surface area contributed by atoms with Gasteiger partial charge < -0.3 is 14.9 Å². The maximum Gasteiger partial charge on any atom is 0.323 e. The molecule has 1 saturated carbocycles. The van der Waals surface area contributed by atoms with E-state index >= 15 is 0 Å². The number of aliphatic carboxylic acids is 1. The van der Waals surface area contributed by atoms with Gasteiger partial charge in [-0.05, 0) is 32.1 Å². The van der Waals surface area contributed by atoms with Crippen LogP contribution in [0.2, 0.25) is 0 Å². The summed E-state index contributed by atoms with van der Waals surface area (Å²) < 4.78 is 0. The molecule has 0 aromatic heterocycles. The molecule has 5 nitrogen and oxygen atoms in total. The van der Waals surface area contributed by atoms with Gasteiger partial charge in [0, 0.05) is 19.1 Å². The molecule has 1 N–H and O–H groups in total. The van der Waals surface area contributed by atoms with Crippen LogP contribution in [0.5, 0.6) is 0 Å². The molecule has 0 spiro atoms. The van der Waals surface area contributed by atoms with Crippen LogP contribution in [-0.2, 0) is 4.79 Å². The average Bonchev–Trinajstić information content (AvgIpc) is 2.86. The third kappa shape index (κ3) is 4.69. The van der Waals surface area contributed by atoms with Crippen LogP contribution in [-0.4, -0.2) is 52.6 Å². The van der Waals surface area contributed by atoms with Crippen molar-refractivity contribution in [3.05, 3.63) is 0 Å². The van der Waals surface area contributed by atoms with Gasteiger partial charge in [-0.25, -0.2) is 4.79 Å². The van der Waals surface area contributed by atoms with Crippen LogP contribution >= 0.6 is 0 Å². The number of amides is 2. The molecule has 0 saturated heterocycles. The van der Waals surface area contributed by atoms with Gasteiger partial charge in [0.25, 0.3) is 0 Å². The highest BCUT2D eigenvalue weighted by Crippen LogP contribution is 2.25. The lowest BCUT2D eigenvalue weighted by Crippen LogP contribution is -2.50. The van der Waals surface area contributed by atoms with Gasteiger partial charge in [0.05, 0.1) is 0 Å². The third-order valence-electron chi connectivity index (χ3n) is 4.09. The molecular weight excluding hydrogens is 256 g/mol. The molecule has 0 bridgehead atoms. The minimum Gasteiger partial charge on any atom is -0.480 e. The van der Waals surface area contributed by atoms with Gasteiger partial charge >= 0.3 is 12.0 Å². The van der Waals surface area contributed by atoms with E-state index in [-0.39, 0.29) is 24.7 Å². The average molecular weight is 284 g/mol. The lowest BCUT2D eigenvalue weighted by atomic mass is 10.0. The van der Waals surface area contributed by atoms with E-state index in [2.05, 4.69) is 13.8 Å². The first kappa shape index (κ1) is 16.8. The van der Waals surface area contributed by atoms with Gasteiger partial charge in [0.2, 0.25) is 0 Å². The van der Waals surface area contributed by atoms with E-state index in [0.717, 1.165) is 32.1 Å². The van der Waals surface area contributed by atoms with Crippen molar-refractivity contribution in [2.24, 2.45) is 5.92 Å². The van der Waals surface area contributed by atoms with E-state index in [1.807, 2.05) is 6.92 Å². The molecule has 1 aliphatic rings. The second-order valence-corrected chi connectivity index (χ2v) is 6.33. The lowest BCUT2D eigenvalue weighted by molar-refractivity contribution is -0.138. The quantitative estimate of drug-likeness (QED) is 0.816. The Hall–Kier alpha value is -1.26. The fraction of sp³-hybridized carbons (Fsp3) is 0.867. The summed E-state index contributed by atoms with van der Waals surface area (Å²) in [6.45, 7) is 6.08. The molecular formula is C15H28N2O3. The second-order valence-electron chi connectivity index (χ2n) is 6.33. The highest BCUT2D eigenvalue weighted by molar-refractivity contribution is 5.80. The van der Waals surface area contributed by atoms with Crippen molar-refractivity contribution in [2.75, 3.05) is 13.6 Å². The molecule has 0 aromatic rings. The minimum absolute atomic E-state index is 0.0901. The third-order valence-corrected chi connectivity index (χ3v) is 4.09. The van der Waals surface area contributed by atoms with Crippen LogP contribution in [0.25, 0.3) is 0 Å². The van der Waals surface area contributed by atoms with Crippen molar-refractivity contribution in [2.45, 2.75) is 65.0 Å². The second kappa shape index (κ2) is 7.50. The number of hydrogen-bond donors (Lipinski definition) is 1. The van der Waals surface area contributed by atoms with Crippen molar-refractivity contribution in [1.29, 1.82) is 0 Å². The van der Waals surface area contributed by atoms with Crippen LogP contribution < -0.4 is 0 Å². The van der Waals surface area contributed by atoms with E-state index in [1.165, 1.54) is 0 Å². The fourth-order valence-corrected chi connectivity index (χ4v) is 2.95. The van der Waals surface area contributed by atoms with Crippen molar-refractivity contribution >= 4 is 12.0 Å². The summed E-state index contributed by atoms with van der Waals surface area (Å²) in [7, 11) is 1.78. The number of hydrogen-bond acceptors (Lipinski definition) is 2. The van der Waals surface area contributed by atoms with E-state index in [0.29, 0.717) is 5.92 Å². The molecule has 1 aliphatic carbocycles.